The van der Waals surface area contributed by atoms with Crippen molar-refractivity contribution in [3.63, 3.8) is 0 Å². The summed E-state index contributed by atoms with van der Waals surface area (Å²) in [6.45, 7) is 0. The van der Waals surface area contributed by atoms with Crippen molar-refractivity contribution in [2.24, 2.45) is 0 Å². The van der Waals surface area contributed by atoms with Gasteiger partial charge in [0.25, 0.3) is 0 Å². The number of H-pyrrole nitrogens is 2. The summed E-state index contributed by atoms with van der Waals surface area (Å²) in [5.41, 5.74) is 2.97. The quantitative estimate of drug-likeness (QED) is 0.493. The molecule has 0 bridgehead atoms. The third kappa shape index (κ3) is 2.08. The third-order valence-electron chi connectivity index (χ3n) is 2.66. The van der Waals surface area contributed by atoms with E-state index < -0.39 is 0 Å². The Morgan fingerprint density at radius 3 is 2.56 bits per heavy atom. The lowest BCUT2D eigenvalue weighted by atomic mass is 10.3. The van der Waals surface area contributed by atoms with Crippen LogP contribution in [0.5, 0.6) is 0 Å². The smallest absolute Gasteiger partial charge is 0.177 e. The number of hydrogen-bond donors (Lipinski definition) is 2. The van der Waals surface area contributed by atoms with Crippen molar-refractivity contribution < 1.29 is 0 Å². The minimum atomic E-state index is 0.775. The molecule has 0 aliphatic heterocycles. The van der Waals surface area contributed by atoms with E-state index in [0.29, 0.717) is 0 Å². The molecule has 2 N–H and O–H groups in total. The van der Waals surface area contributed by atoms with Crippen molar-refractivity contribution in [2.45, 2.75) is 0 Å². The molecule has 4 aromatic rings. The standard InChI is InChI=1S/C8H7N.C6H5N3/c1-2-4-8-7(3-1)5-6-9-8;1-2-5-6(7-3-1)9-4-8-5/h1-6,9H;1-4H,(H,7,8,9). The highest BCUT2D eigenvalue weighted by atomic mass is 14.9. The van der Waals surface area contributed by atoms with Gasteiger partial charge in [0.05, 0.1) is 11.8 Å². The molecule has 4 heteroatoms. The number of pyridine rings is 1. The number of aromatic amines is 2. The number of para-hydroxylation sites is 1. The number of rotatable bonds is 0. The van der Waals surface area contributed by atoms with Crippen LogP contribution in [0.4, 0.5) is 0 Å². The van der Waals surface area contributed by atoms with Crippen LogP contribution >= 0.6 is 0 Å². The number of nitrogens with zero attached hydrogens (tertiary/aromatic N) is 2. The molecule has 0 spiro atoms. The maximum absolute atomic E-state index is 4.00. The predicted octanol–water partition coefficient (Wildman–Crippen LogP) is 3.13. The van der Waals surface area contributed by atoms with Crippen LogP contribution in [0, 0.1) is 0 Å². The van der Waals surface area contributed by atoms with E-state index in [0.717, 1.165) is 11.2 Å². The predicted molar refractivity (Wildman–Crippen MR) is 72.2 cm³/mol. The van der Waals surface area contributed by atoms with Crippen molar-refractivity contribution in [3.05, 3.63) is 61.2 Å². The molecular formula is C14H12N4. The first-order valence-electron chi connectivity index (χ1n) is 5.70. The monoisotopic (exact) mass is 236 g/mol. The van der Waals surface area contributed by atoms with Gasteiger partial charge in [-0.25, -0.2) is 9.97 Å². The van der Waals surface area contributed by atoms with Crippen LogP contribution in [-0.4, -0.2) is 19.9 Å². The Morgan fingerprint density at radius 1 is 0.778 bits per heavy atom. The van der Waals surface area contributed by atoms with Gasteiger partial charge in [0.2, 0.25) is 0 Å². The molecule has 4 rings (SSSR count). The van der Waals surface area contributed by atoms with Gasteiger partial charge in [-0.15, -0.1) is 0 Å². The topological polar surface area (TPSA) is 57.4 Å². The van der Waals surface area contributed by atoms with Crippen molar-refractivity contribution in [1.82, 2.24) is 19.9 Å². The highest BCUT2D eigenvalue weighted by molar-refractivity contribution is 5.78. The molecule has 0 fully saturated rings. The summed E-state index contributed by atoms with van der Waals surface area (Å²) >= 11 is 0. The minimum Gasteiger partial charge on any atom is -0.361 e. The number of fused-ring (bicyclic) bond motifs is 2. The Labute approximate surface area is 104 Å². The summed E-state index contributed by atoms with van der Waals surface area (Å²) in [7, 11) is 0. The molecule has 0 radical (unpaired) electrons. The van der Waals surface area contributed by atoms with Crippen molar-refractivity contribution >= 4 is 22.1 Å². The van der Waals surface area contributed by atoms with Gasteiger partial charge >= 0.3 is 0 Å². The lowest BCUT2D eigenvalue weighted by molar-refractivity contribution is 1.30. The van der Waals surface area contributed by atoms with E-state index in [2.05, 4.69) is 38.1 Å². The fraction of sp³-hybridized carbons (Fsp3) is 0. The van der Waals surface area contributed by atoms with Crippen LogP contribution in [0.15, 0.2) is 61.2 Å². The van der Waals surface area contributed by atoms with Gasteiger partial charge < -0.3 is 9.97 Å². The normalized spacial score (nSPS) is 10.2. The number of imidazole rings is 1. The second kappa shape index (κ2) is 4.71. The molecule has 18 heavy (non-hydrogen) atoms. The molecule has 0 amide bonds. The zero-order valence-electron chi connectivity index (χ0n) is 9.67. The van der Waals surface area contributed by atoms with Crippen LogP contribution in [0.25, 0.3) is 22.1 Å². The lowest BCUT2D eigenvalue weighted by Crippen LogP contribution is -1.71. The molecule has 3 heterocycles. The highest BCUT2D eigenvalue weighted by Gasteiger charge is 1.90. The van der Waals surface area contributed by atoms with Gasteiger partial charge in [-0.3, -0.25) is 0 Å². The Kier molecular flexibility index (Phi) is 2.75. The third-order valence-corrected chi connectivity index (χ3v) is 2.66. The second-order valence-corrected chi connectivity index (χ2v) is 3.84. The van der Waals surface area contributed by atoms with E-state index in [9.17, 15) is 0 Å². The lowest BCUT2D eigenvalue weighted by Gasteiger charge is -1.83. The van der Waals surface area contributed by atoms with Gasteiger partial charge in [-0.2, -0.15) is 0 Å². The summed E-state index contributed by atoms with van der Waals surface area (Å²) in [6.07, 6.45) is 5.31. The molecule has 0 aliphatic rings. The minimum absolute atomic E-state index is 0.775. The Balaban J connectivity index is 0.000000111. The fourth-order valence-electron chi connectivity index (χ4n) is 1.77. The summed E-state index contributed by atoms with van der Waals surface area (Å²) < 4.78 is 0. The summed E-state index contributed by atoms with van der Waals surface area (Å²) in [4.78, 5) is 14.0. The van der Waals surface area contributed by atoms with Crippen LogP contribution < -0.4 is 0 Å². The van der Waals surface area contributed by atoms with E-state index in [4.69, 9.17) is 0 Å². The van der Waals surface area contributed by atoms with E-state index in [1.165, 1.54) is 10.9 Å². The SMILES string of the molecule is c1ccc2[nH]ccc2c1.c1cnc2nc[nH]c2c1. The number of hydrogen-bond acceptors (Lipinski definition) is 2. The molecule has 0 saturated heterocycles. The molecule has 3 aromatic heterocycles. The molecule has 0 aliphatic carbocycles. The summed E-state index contributed by atoms with van der Waals surface area (Å²) in [5, 5.41) is 1.28. The van der Waals surface area contributed by atoms with Crippen LogP contribution in [0.3, 0.4) is 0 Å². The fourth-order valence-corrected chi connectivity index (χ4v) is 1.77. The second-order valence-electron chi connectivity index (χ2n) is 3.84. The van der Waals surface area contributed by atoms with Gasteiger partial charge in [0, 0.05) is 17.9 Å². The van der Waals surface area contributed by atoms with Gasteiger partial charge in [0.1, 0.15) is 0 Å². The molecule has 1 aromatic carbocycles. The molecule has 4 nitrogen and oxygen atoms in total. The zero-order chi connectivity index (χ0) is 12.2. The average Bonchev–Trinajstić information content (AvgIpc) is 3.08. The van der Waals surface area contributed by atoms with E-state index in [-0.39, 0.29) is 0 Å². The molecule has 0 saturated carbocycles. The Bertz CT molecular complexity index is 628. The summed E-state index contributed by atoms with van der Waals surface area (Å²) in [5.74, 6) is 0. The first-order valence-corrected chi connectivity index (χ1v) is 5.70. The van der Waals surface area contributed by atoms with E-state index in [1.54, 1.807) is 12.5 Å². The summed E-state index contributed by atoms with van der Waals surface area (Å²) in [6, 6.07) is 14.1. The van der Waals surface area contributed by atoms with Crippen molar-refractivity contribution in [2.75, 3.05) is 0 Å². The van der Waals surface area contributed by atoms with Gasteiger partial charge in [-0.1, -0.05) is 18.2 Å². The average molecular weight is 236 g/mol. The Morgan fingerprint density at radius 2 is 1.67 bits per heavy atom. The number of benzene rings is 1. The molecule has 88 valence electrons. The maximum Gasteiger partial charge on any atom is 0.177 e. The Hall–Kier alpha value is -2.62. The van der Waals surface area contributed by atoms with E-state index >= 15 is 0 Å². The number of nitrogens with one attached hydrogen (secondary N) is 2. The maximum atomic E-state index is 4.00. The van der Waals surface area contributed by atoms with Crippen LogP contribution in [0.2, 0.25) is 0 Å². The van der Waals surface area contributed by atoms with Crippen LogP contribution in [-0.2, 0) is 0 Å². The first kappa shape index (κ1) is 10.5. The van der Waals surface area contributed by atoms with Crippen LogP contribution in [0.1, 0.15) is 0 Å². The van der Waals surface area contributed by atoms with E-state index in [1.807, 2.05) is 30.5 Å². The molecule has 0 atom stereocenters. The molecular weight excluding hydrogens is 224 g/mol. The zero-order valence-corrected chi connectivity index (χ0v) is 9.67. The first-order chi connectivity index (χ1) is 8.93. The van der Waals surface area contributed by atoms with Gasteiger partial charge in [-0.05, 0) is 29.7 Å². The number of aromatic nitrogens is 4. The van der Waals surface area contributed by atoms with Crippen molar-refractivity contribution in [3.8, 4) is 0 Å². The van der Waals surface area contributed by atoms with Crippen molar-refractivity contribution in [1.29, 1.82) is 0 Å². The molecule has 0 unspecified atom stereocenters. The largest absolute Gasteiger partial charge is 0.361 e. The highest BCUT2D eigenvalue weighted by Crippen LogP contribution is 2.09. The van der Waals surface area contributed by atoms with Gasteiger partial charge in [0.15, 0.2) is 5.65 Å².